The molecule has 0 aromatic heterocycles. The molecule has 2 rings (SSSR count). The van der Waals surface area contributed by atoms with E-state index in [0.717, 1.165) is 29.5 Å². The van der Waals surface area contributed by atoms with E-state index in [4.69, 9.17) is 0 Å². The second-order valence-corrected chi connectivity index (χ2v) is 4.54. The van der Waals surface area contributed by atoms with E-state index in [2.05, 4.69) is 16.9 Å². The van der Waals surface area contributed by atoms with Crippen molar-refractivity contribution in [3.05, 3.63) is 48.0 Å². The Hall–Kier alpha value is -2.80. The molecule has 0 aliphatic rings. The molecule has 0 amide bonds. The molecule has 0 bridgehead atoms. The Kier molecular flexibility index (Phi) is 4.94. The van der Waals surface area contributed by atoms with Gasteiger partial charge in [0.2, 0.25) is 12.2 Å². The molecule has 0 fully saturated rings. The predicted octanol–water partition coefficient (Wildman–Crippen LogP) is 4.24. The zero-order valence-electron chi connectivity index (χ0n) is 11.7. The van der Waals surface area contributed by atoms with Crippen molar-refractivity contribution in [1.82, 2.24) is 0 Å². The summed E-state index contributed by atoms with van der Waals surface area (Å²) in [6.45, 7) is 2.10. The average molecular weight is 278 g/mol. The second kappa shape index (κ2) is 7.11. The highest BCUT2D eigenvalue weighted by Gasteiger charge is 2.06. The summed E-state index contributed by atoms with van der Waals surface area (Å²) in [5, 5.41) is 0. The first-order valence-electron chi connectivity index (χ1n) is 6.67. The lowest BCUT2D eigenvalue weighted by Gasteiger charge is -2.10. The number of rotatable bonds is 5. The van der Waals surface area contributed by atoms with Gasteiger partial charge in [-0.05, 0) is 47.4 Å². The quantitative estimate of drug-likeness (QED) is 0.606. The molecule has 0 unspecified atom stereocenters. The van der Waals surface area contributed by atoms with Crippen LogP contribution in [0.1, 0.15) is 18.9 Å². The van der Waals surface area contributed by atoms with E-state index in [1.165, 1.54) is 6.08 Å². The highest BCUT2D eigenvalue weighted by molar-refractivity contribution is 5.71. The first kappa shape index (κ1) is 14.6. The van der Waals surface area contributed by atoms with Crippen LogP contribution in [-0.4, -0.2) is 12.2 Å². The topological polar surface area (TPSA) is 58.9 Å². The molecule has 0 saturated heterocycles. The van der Waals surface area contributed by atoms with Crippen LogP contribution in [0.4, 0.5) is 11.4 Å². The molecular weight excluding hydrogens is 264 g/mol. The van der Waals surface area contributed by atoms with Crippen LogP contribution in [0.5, 0.6) is 0 Å². The third kappa shape index (κ3) is 3.61. The molecule has 0 aliphatic heterocycles. The fourth-order valence-electron chi connectivity index (χ4n) is 2.23. The van der Waals surface area contributed by atoms with E-state index in [1.807, 2.05) is 24.3 Å². The summed E-state index contributed by atoms with van der Waals surface area (Å²) in [7, 11) is 0. The Labute approximate surface area is 122 Å². The lowest BCUT2D eigenvalue weighted by molar-refractivity contribution is 0.564. The molecule has 4 heteroatoms. The lowest BCUT2D eigenvalue weighted by Crippen LogP contribution is -1.89. The summed E-state index contributed by atoms with van der Waals surface area (Å²) in [5.74, 6) is 0. The number of hydrogen-bond donors (Lipinski definition) is 0. The maximum atomic E-state index is 10.4. The van der Waals surface area contributed by atoms with E-state index in [1.54, 1.807) is 24.3 Å². The number of isocyanates is 2. The van der Waals surface area contributed by atoms with E-state index >= 15 is 0 Å². The minimum absolute atomic E-state index is 0.577. The highest BCUT2D eigenvalue weighted by atomic mass is 16.1. The Balaban J connectivity index is 2.46. The van der Waals surface area contributed by atoms with Gasteiger partial charge in [0.05, 0.1) is 11.4 Å². The highest BCUT2D eigenvalue weighted by Crippen LogP contribution is 2.29. The summed E-state index contributed by atoms with van der Waals surface area (Å²) in [6.07, 6.45) is 4.97. The van der Waals surface area contributed by atoms with Crippen LogP contribution in [0.25, 0.3) is 11.1 Å². The predicted molar refractivity (Wildman–Crippen MR) is 81.4 cm³/mol. The fourth-order valence-corrected chi connectivity index (χ4v) is 2.23. The minimum Gasteiger partial charge on any atom is -0.211 e. The summed E-state index contributed by atoms with van der Waals surface area (Å²) >= 11 is 0. The molecule has 21 heavy (non-hydrogen) atoms. The van der Waals surface area contributed by atoms with Gasteiger partial charge in [-0.1, -0.05) is 31.5 Å². The second-order valence-electron chi connectivity index (χ2n) is 4.54. The summed E-state index contributed by atoms with van der Waals surface area (Å²) in [4.78, 5) is 27.8. The number of aryl methyl sites for hydroxylation is 1. The first-order valence-corrected chi connectivity index (χ1v) is 6.67. The van der Waals surface area contributed by atoms with Gasteiger partial charge < -0.3 is 0 Å². The Morgan fingerprint density at radius 3 is 2.14 bits per heavy atom. The van der Waals surface area contributed by atoms with Crippen molar-refractivity contribution < 1.29 is 9.59 Å². The van der Waals surface area contributed by atoms with Gasteiger partial charge in [0.1, 0.15) is 0 Å². The Morgan fingerprint density at radius 2 is 1.52 bits per heavy atom. The van der Waals surface area contributed by atoms with E-state index < -0.39 is 0 Å². The maximum absolute atomic E-state index is 10.4. The van der Waals surface area contributed by atoms with Gasteiger partial charge in [0.25, 0.3) is 0 Å². The maximum Gasteiger partial charge on any atom is 0.240 e. The van der Waals surface area contributed by atoms with Gasteiger partial charge >= 0.3 is 0 Å². The number of hydrogen-bond acceptors (Lipinski definition) is 4. The van der Waals surface area contributed by atoms with E-state index in [0.29, 0.717) is 11.4 Å². The van der Waals surface area contributed by atoms with Crippen LogP contribution < -0.4 is 0 Å². The van der Waals surface area contributed by atoms with Gasteiger partial charge in [-0.25, -0.2) is 9.59 Å². The third-order valence-electron chi connectivity index (χ3n) is 3.14. The molecule has 0 heterocycles. The molecular formula is C17H14N2O2. The van der Waals surface area contributed by atoms with Gasteiger partial charge in [0.15, 0.2) is 0 Å². The molecule has 2 aromatic carbocycles. The van der Waals surface area contributed by atoms with E-state index in [-0.39, 0.29) is 0 Å². The lowest BCUT2D eigenvalue weighted by atomic mass is 9.96. The molecule has 104 valence electrons. The SMILES string of the molecule is CCCc1cc(N=C=O)ccc1-c1ccc(N=C=O)cc1. The van der Waals surface area contributed by atoms with Crippen LogP contribution in [-0.2, 0) is 16.0 Å². The molecule has 4 nitrogen and oxygen atoms in total. The smallest absolute Gasteiger partial charge is 0.211 e. The van der Waals surface area contributed by atoms with Gasteiger partial charge in [-0.2, -0.15) is 9.98 Å². The van der Waals surface area contributed by atoms with Crippen LogP contribution in [0.15, 0.2) is 52.4 Å². The zero-order valence-corrected chi connectivity index (χ0v) is 11.7. The Bertz CT molecular complexity index is 723. The summed E-state index contributed by atoms with van der Waals surface area (Å²) < 4.78 is 0. The van der Waals surface area contributed by atoms with E-state index in [9.17, 15) is 9.59 Å². The van der Waals surface area contributed by atoms with Crippen LogP contribution >= 0.6 is 0 Å². The largest absolute Gasteiger partial charge is 0.240 e. The van der Waals surface area contributed by atoms with Gasteiger partial charge in [-0.3, -0.25) is 0 Å². The first-order chi connectivity index (χ1) is 10.3. The molecule has 0 radical (unpaired) electrons. The molecule has 0 spiro atoms. The monoisotopic (exact) mass is 278 g/mol. The normalized spacial score (nSPS) is 9.57. The van der Waals surface area contributed by atoms with Crippen molar-refractivity contribution in [2.45, 2.75) is 19.8 Å². The average Bonchev–Trinajstić information content (AvgIpc) is 2.50. The molecule has 2 aromatic rings. The van der Waals surface area contributed by atoms with Crippen molar-refractivity contribution >= 4 is 23.5 Å². The van der Waals surface area contributed by atoms with Gasteiger partial charge in [0, 0.05) is 0 Å². The number of aliphatic imine (C=N–C) groups is 2. The molecule has 0 N–H and O–H groups in total. The fraction of sp³-hybridized carbons (Fsp3) is 0.176. The van der Waals surface area contributed by atoms with Crippen molar-refractivity contribution in [3.63, 3.8) is 0 Å². The molecule has 0 atom stereocenters. The standard InChI is InChI=1S/C17H14N2O2/c1-2-3-14-10-16(19-12-21)8-9-17(14)13-4-6-15(7-5-13)18-11-20/h4-10H,2-3H2,1H3. The molecule has 0 aliphatic carbocycles. The number of nitrogens with zero attached hydrogens (tertiary/aromatic N) is 2. The van der Waals surface area contributed by atoms with Crippen LogP contribution in [0, 0.1) is 0 Å². The van der Waals surface area contributed by atoms with Crippen LogP contribution in [0.3, 0.4) is 0 Å². The van der Waals surface area contributed by atoms with Crippen molar-refractivity contribution in [1.29, 1.82) is 0 Å². The summed E-state index contributed by atoms with van der Waals surface area (Å²) in [6, 6.07) is 13.0. The zero-order chi connectivity index (χ0) is 15.1. The van der Waals surface area contributed by atoms with Crippen molar-refractivity contribution in [2.75, 3.05) is 0 Å². The summed E-state index contributed by atoms with van der Waals surface area (Å²) in [5.41, 5.74) is 4.43. The molecule has 0 saturated carbocycles. The number of benzene rings is 2. The third-order valence-corrected chi connectivity index (χ3v) is 3.14. The van der Waals surface area contributed by atoms with Crippen LogP contribution in [0.2, 0.25) is 0 Å². The van der Waals surface area contributed by atoms with Crippen molar-refractivity contribution in [3.8, 4) is 11.1 Å². The Morgan fingerprint density at radius 1 is 0.905 bits per heavy atom. The number of carbonyl (C=O) groups excluding carboxylic acids is 2. The van der Waals surface area contributed by atoms with Gasteiger partial charge in [-0.15, -0.1) is 0 Å². The van der Waals surface area contributed by atoms with Crippen molar-refractivity contribution in [2.24, 2.45) is 9.98 Å². The minimum atomic E-state index is 0.577.